The van der Waals surface area contributed by atoms with E-state index in [1.54, 1.807) is 4.90 Å². The Hall–Kier alpha value is -1.85. The van der Waals surface area contributed by atoms with E-state index in [9.17, 15) is 19.5 Å². The van der Waals surface area contributed by atoms with Gasteiger partial charge in [-0.25, -0.2) is 0 Å². The van der Waals surface area contributed by atoms with Crippen LogP contribution in [0.1, 0.15) is 32.6 Å². The minimum Gasteiger partial charge on any atom is -0.481 e. The molecule has 1 saturated heterocycles. The number of rotatable bonds is 3. The van der Waals surface area contributed by atoms with E-state index in [1.807, 2.05) is 12.2 Å². The van der Waals surface area contributed by atoms with Crippen molar-refractivity contribution in [2.45, 2.75) is 38.6 Å². The van der Waals surface area contributed by atoms with Crippen molar-refractivity contribution in [2.75, 3.05) is 13.1 Å². The Morgan fingerprint density at radius 1 is 1.10 bits per heavy atom. The van der Waals surface area contributed by atoms with E-state index in [-0.39, 0.29) is 17.9 Å². The first kappa shape index (κ1) is 15.5. The quantitative estimate of drug-likeness (QED) is 0.753. The summed E-state index contributed by atoms with van der Waals surface area (Å²) in [5.41, 5.74) is 0. The van der Waals surface area contributed by atoms with Gasteiger partial charge in [-0.15, -0.1) is 0 Å². The van der Waals surface area contributed by atoms with Crippen molar-refractivity contribution in [1.82, 2.24) is 10.2 Å². The number of amides is 2. The zero-order valence-electron chi connectivity index (χ0n) is 12.2. The Morgan fingerprint density at radius 2 is 1.67 bits per heavy atom. The summed E-state index contributed by atoms with van der Waals surface area (Å²) in [5.74, 6) is -2.08. The lowest BCUT2D eigenvalue weighted by atomic mass is 9.81. The second-order valence-corrected chi connectivity index (χ2v) is 5.79. The molecule has 0 aromatic carbocycles. The Balaban J connectivity index is 1.93. The van der Waals surface area contributed by atoms with Gasteiger partial charge in [0.25, 0.3) is 0 Å². The maximum Gasteiger partial charge on any atom is 0.307 e. The molecule has 2 aliphatic rings. The first-order valence-electron chi connectivity index (χ1n) is 7.42. The van der Waals surface area contributed by atoms with Crippen molar-refractivity contribution in [2.24, 2.45) is 11.8 Å². The van der Waals surface area contributed by atoms with Crippen LogP contribution in [0.4, 0.5) is 0 Å². The zero-order valence-corrected chi connectivity index (χ0v) is 12.2. The molecule has 116 valence electrons. The molecule has 0 spiro atoms. The van der Waals surface area contributed by atoms with Crippen molar-refractivity contribution in [3.8, 4) is 0 Å². The molecule has 1 fully saturated rings. The highest BCUT2D eigenvalue weighted by molar-refractivity contribution is 5.85. The van der Waals surface area contributed by atoms with Gasteiger partial charge in [0.05, 0.1) is 11.8 Å². The molecule has 1 aliphatic carbocycles. The molecule has 0 aromatic rings. The van der Waals surface area contributed by atoms with Crippen LogP contribution >= 0.6 is 0 Å². The van der Waals surface area contributed by atoms with Crippen LogP contribution in [0.5, 0.6) is 0 Å². The van der Waals surface area contributed by atoms with Crippen LogP contribution in [0.25, 0.3) is 0 Å². The summed E-state index contributed by atoms with van der Waals surface area (Å²) in [6.07, 6.45) is 6.12. The van der Waals surface area contributed by atoms with E-state index < -0.39 is 17.8 Å². The zero-order chi connectivity index (χ0) is 15.4. The van der Waals surface area contributed by atoms with E-state index in [0.717, 1.165) is 12.8 Å². The molecule has 0 saturated carbocycles. The lowest BCUT2D eigenvalue weighted by molar-refractivity contribution is -0.151. The van der Waals surface area contributed by atoms with Gasteiger partial charge >= 0.3 is 5.97 Å². The average molecular weight is 294 g/mol. The summed E-state index contributed by atoms with van der Waals surface area (Å²) in [6.45, 7) is 2.65. The Bertz CT molecular complexity index is 453. The third kappa shape index (κ3) is 3.83. The van der Waals surface area contributed by atoms with Crippen LogP contribution < -0.4 is 5.32 Å². The summed E-state index contributed by atoms with van der Waals surface area (Å²) in [7, 11) is 0. The molecule has 0 aromatic heterocycles. The summed E-state index contributed by atoms with van der Waals surface area (Å²) in [5, 5.41) is 12.1. The number of nitrogens with one attached hydrogen (secondary N) is 1. The first-order chi connectivity index (χ1) is 9.99. The lowest BCUT2D eigenvalue weighted by Gasteiger charge is -2.36. The van der Waals surface area contributed by atoms with Crippen molar-refractivity contribution >= 4 is 17.8 Å². The summed E-state index contributed by atoms with van der Waals surface area (Å²) in [4.78, 5) is 36.6. The molecule has 2 amide bonds. The number of hydrogen-bond acceptors (Lipinski definition) is 3. The smallest absolute Gasteiger partial charge is 0.307 e. The predicted molar refractivity (Wildman–Crippen MR) is 76.4 cm³/mol. The van der Waals surface area contributed by atoms with Crippen LogP contribution in [-0.2, 0) is 14.4 Å². The molecule has 1 aliphatic heterocycles. The highest BCUT2D eigenvalue weighted by Gasteiger charge is 2.37. The van der Waals surface area contributed by atoms with Crippen LogP contribution in [-0.4, -0.2) is 46.9 Å². The van der Waals surface area contributed by atoms with E-state index in [0.29, 0.717) is 25.9 Å². The van der Waals surface area contributed by atoms with Gasteiger partial charge in [0.15, 0.2) is 0 Å². The number of nitrogens with zero attached hydrogens (tertiary/aromatic N) is 1. The number of carbonyl (C=O) groups excluding carboxylic acids is 2. The number of carboxylic acid groups (broad SMARTS) is 1. The summed E-state index contributed by atoms with van der Waals surface area (Å²) < 4.78 is 0. The molecule has 6 nitrogen and oxygen atoms in total. The standard InChI is InChI=1S/C15H22N2O4/c1-10(18)16-11-6-8-17(9-7-11)14(19)12-4-2-3-5-13(12)15(20)21/h2-3,11-13H,4-9H2,1H3,(H,16,18)(H,20,21)/t12-,13+/m1/s1. The first-order valence-corrected chi connectivity index (χ1v) is 7.42. The lowest BCUT2D eigenvalue weighted by Crippen LogP contribution is -2.49. The molecule has 6 heteroatoms. The maximum atomic E-state index is 12.5. The number of carbonyl (C=O) groups is 3. The van der Waals surface area contributed by atoms with E-state index in [2.05, 4.69) is 5.32 Å². The molecule has 2 rings (SSSR count). The fourth-order valence-electron chi connectivity index (χ4n) is 3.13. The number of carboxylic acids is 1. The topological polar surface area (TPSA) is 86.7 Å². The van der Waals surface area contributed by atoms with Gasteiger partial charge in [0, 0.05) is 26.1 Å². The highest BCUT2D eigenvalue weighted by atomic mass is 16.4. The Labute approximate surface area is 124 Å². The van der Waals surface area contributed by atoms with Gasteiger partial charge in [-0.1, -0.05) is 12.2 Å². The number of aliphatic carboxylic acids is 1. The van der Waals surface area contributed by atoms with Crippen molar-refractivity contribution < 1.29 is 19.5 Å². The van der Waals surface area contributed by atoms with Crippen molar-refractivity contribution in [3.05, 3.63) is 12.2 Å². The van der Waals surface area contributed by atoms with E-state index in [1.165, 1.54) is 6.92 Å². The second kappa shape index (κ2) is 6.74. The number of likely N-dealkylation sites (tertiary alicyclic amines) is 1. The molecule has 0 bridgehead atoms. The van der Waals surface area contributed by atoms with Gasteiger partial charge in [-0.2, -0.15) is 0 Å². The van der Waals surface area contributed by atoms with Gasteiger partial charge in [0.1, 0.15) is 0 Å². The van der Waals surface area contributed by atoms with Crippen molar-refractivity contribution in [3.63, 3.8) is 0 Å². The van der Waals surface area contributed by atoms with Crippen LogP contribution in [0.2, 0.25) is 0 Å². The van der Waals surface area contributed by atoms with Crippen LogP contribution in [0.15, 0.2) is 12.2 Å². The molecule has 21 heavy (non-hydrogen) atoms. The van der Waals surface area contributed by atoms with Crippen LogP contribution in [0.3, 0.4) is 0 Å². The molecular weight excluding hydrogens is 272 g/mol. The molecule has 0 radical (unpaired) electrons. The summed E-state index contributed by atoms with van der Waals surface area (Å²) in [6, 6.07) is 0.119. The highest BCUT2D eigenvalue weighted by Crippen LogP contribution is 2.28. The molecule has 1 heterocycles. The summed E-state index contributed by atoms with van der Waals surface area (Å²) >= 11 is 0. The molecule has 2 N–H and O–H groups in total. The monoisotopic (exact) mass is 294 g/mol. The number of allylic oxidation sites excluding steroid dienone is 2. The SMILES string of the molecule is CC(=O)NC1CCN(C(=O)[C@@H]2CC=CC[C@@H]2C(=O)O)CC1. The maximum absolute atomic E-state index is 12.5. The third-order valence-electron chi connectivity index (χ3n) is 4.28. The van der Waals surface area contributed by atoms with Gasteiger partial charge < -0.3 is 15.3 Å². The van der Waals surface area contributed by atoms with E-state index in [4.69, 9.17) is 0 Å². The predicted octanol–water partition coefficient (Wildman–Crippen LogP) is 0.780. The normalized spacial score (nSPS) is 26.4. The average Bonchev–Trinajstić information content (AvgIpc) is 2.46. The number of piperidine rings is 1. The van der Waals surface area contributed by atoms with Crippen molar-refractivity contribution in [1.29, 1.82) is 0 Å². The van der Waals surface area contributed by atoms with Gasteiger partial charge in [-0.3, -0.25) is 14.4 Å². The second-order valence-electron chi connectivity index (χ2n) is 5.79. The fourth-order valence-corrected chi connectivity index (χ4v) is 3.13. The largest absolute Gasteiger partial charge is 0.481 e. The Morgan fingerprint density at radius 3 is 2.19 bits per heavy atom. The molecule has 0 unspecified atom stereocenters. The van der Waals surface area contributed by atoms with Gasteiger partial charge in [-0.05, 0) is 25.7 Å². The third-order valence-corrected chi connectivity index (χ3v) is 4.28. The minimum absolute atomic E-state index is 0.0527. The number of hydrogen-bond donors (Lipinski definition) is 2. The fraction of sp³-hybridized carbons (Fsp3) is 0.667. The van der Waals surface area contributed by atoms with Gasteiger partial charge in [0.2, 0.25) is 11.8 Å². The minimum atomic E-state index is -0.897. The Kier molecular flexibility index (Phi) is 4.98. The molecular formula is C15H22N2O4. The van der Waals surface area contributed by atoms with E-state index >= 15 is 0 Å². The van der Waals surface area contributed by atoms with Crippen LogP contribution in [0, 0.1) is 11.8 Å². The molecule has 2 atom stereocenters.